The van der Waals surface area contributed by atoms with E-state index in [-0.39, 0.29) is 17.3 Å². The average Bonchev–Trinajstić information content (AvgIpc) is 2.48. The average molecular weight is 327 g/mol. The van der Waals surface area contributed by atoms with Crippen molar-refractivity contribution in [1.29, 1.82) is 0 Å². The molecule has 1 aliphatic rings. The molecule has 0 unspecified atom stereocenters. The summed E-state index contributed by atoms with van der Waals surface area (Å²) in [5.41, 5.74) is 0.577. The number of nitrogens with one attached hydrogen (secondary N) is 1. The number of likely N-dealkylation sites (N-methyl/N-ethyl adjacent to an activating group) is 1. The van der Waals surface area contributed by atoms with E-state index in [1.165, 1.54) is 16.4 Å². The van der Waals surface area contributed by atoms with Crippen LogP contribution in [0.15, 0.2) is 29.2 Å². The van der Waals surface area contributed by atoms with Gasteiger partial charge in [0, 0.05) is 18.8 Å². The molecule has 22 heavy (non-hydrogen) atoms. The van der Waals surface area contributed by atoms with Crippen molar-refractivity contribution in [2.24, 2.45) is 0 Å². The molecule has 8 heteroatoms. The second kappa shape index (κ2) is 7.19. The first-order chi connectivity index (χ1) is 10.4. The summed E-state index contributed by atoms with van der Waals surface area (Å²) in [6.07, 6.45) is 0. The van der Waals surface area contributed by atoms with Crippen molar-refractivity contribution in [2.75, 3.05) is 52.3 Å². The second-order valence-electron chi connectivity index (χ2n) is 5.33. The number of hydrogen-bond donors (Lipinski definition) is 1. The fourth-order valence-electron chi connectivity index (χ4n) is 2.13. The Bertz CT molecular complexity index is 607. The van der Waals surface area contributed by atoms with E-state index in [9.17, 15) is 13.2 Å². The van der Waals surface area contributed by atoms with Crippen LogP contribution in [0.2, 0.25) is 0 Å². The van der Waals surface area contributed by atoms with Gasteiger partial charge in [0.2, 0.25) is 15.9 Å². The zero-order valence-electron chi connectivity index (χ0n) is 12.8. The summed E-state index contributed by atoms with van der Waals surface area (Å²) in [5, 5.41) is 2.72. The fourth-order valence-corrected chi connectivity index (χ4v) is 3.54. The number of ether oxygens (including phenoxy) is 1. The van der Waals surface area contributed by atoms with Gasteiger partial charge in [0.25, 0.3) is 0 Å². The number of carbonyl (C=O) groups excluding carboxylic acids is 1. The first kappa shape index (κ1) is 16.9. The third-order valence-electron chi connectivity index (χ3n) is 3.21. The first-order valence-corrected chi connectivity index (χ1v) is 8.46. The van der Waals surface area contributed by atoms with Crippen LogP contribution in [0.25, 0.3) is 0 Å². The lowest BCUT2D eigenvalue weighted by atomic mass is 10.3. The maximum atomic E-state index is 12.4. The summed E-state index contributed by atoms with van der Waals surface area (Å²) in [6, 6.07) is 6.22. The van der Waals surface area contributed by atoms with Crippen molar-refractivity contribution < 1.29 is 17.9 Å². The van der Waals surface area contributed by atoms with Gasteiger partial charge >= 0.3 is 0 Å². The third-order valence-corrected chi connectivity index (χ3v) is 5.12. The topological polar surface area (TPSA) is 79.0 Å². The van der Waals surface area contributed by atoms with Gasteiger partial charge in [-0.05, 0) is 38.4 Å². The predicted octanol–water partition coefficient (Wildman–Crippen LogP) is 0.208. The summed E-state index contributed by atoms with van der Waals surface area (Å²) in [7, 11) is 0.112. The van der Waals surface area contributed by atoms with Crippen LogP contribution in [-0.2, 0) is 19.6 Å². The summed E-state index contributed by atoms with van der Waals surface area (Å²) in [5.74, 6) is -0.145. The van der Waals surface area contributed by atoms with Gasteiger partial charge in [-0.15, -0.1) is 0 Å². The van der Waals surface area contributed by atoms with Gasteiger partial charge in [0.1, 0.15) is 0 Å². The van der Waals surface area contributed by atoms with Crippen LogP contribution in [0.5, 0.6) is 0 Å². The van der Waals surface area contributed by atoms with E-state index >= 15 is 0 Å². The quantitative estimate of drug-likeness (QED) is 0.836. The van der Waals surface area contributed by atoms with Crippen LogP contribution in [0.1, 0.15) is 0 Å². The maximum absolute atomic E-state index is 12.4. The number of nitrogens with zero attached hydrogens (tertiary/aromatic N) is 2. The van der Waals surface area contributed by atoms with Crippen LogP contribution < -0.4 is 5.32 Å². The molecule has 0 aromatic heterocycles. The summed E-state index contributed by atoms with van der Waals surface area (Å²) < 4.78 is 31.5. The maximum Gasteiger partial charge on any atom is 0.243 e. The Labute approximate surface area is 130 Å². The van der Waals surface area contributed by atoms with Gasteiger partial charge < -0.3 is 15.0 Å². The number of hydrogen-bond acceptors (Lipinski definition) is 5. The minimum absolute atomic E-state index is 0.145. The van der Waals surface area contributed by atoms with E-state index < -0.39 is 10.0 Å². The van der Waals surface area contributed by atoms with E-state index in [2.05, 4.69) is 5.32 Å². The minimum Gasteiger partial charge on any atom is -0.379 e. The standard InChI is InChI=1S/C14H21N3O4S/c1-16(2)11-14(18)15-12-3-5-13(6-4-12)22(19,20)17-7-9-21-10-8-17/h3-6H,7-11H2,1-2H3,(H,15,18). The smallest absolute Gasteiger partial charge is 0.243 e. The number of carbonyl (C=O) groups is 1. The molecule has 0 aliphatic carbocycles. The Morgan fingerprint density at radius 2 is 1.82 bits per heavy atom. The number of rotatable bonds is 5. The molecule has 1 amide bonds. The van der Waals surface area contributed by atoms with Crippen molar-refractivity contribution in [3.8, 4) is 0 Å². The summed E-state index contributed by atoms with van der Waals surface area (Å²) >= 11 is 0. The van der Waals surface area contributed by atoms with E-state index in [4.69, 9.17) is 4.74 Å². The SMILES string of the molecule is CN(C)CC(=O)Nc1ccc(S(=O)(=O)N2CCOCC2)cc1. The highest BCUT2D eigenvalue weighted by Gasteiger charge is 2.26. The van der Waals surface area contributed by atoms with Gasteiger partial charge in [-0.3, -0.25) is 4.79 Å². The highest BCUT2D eigenvalue weighted by molar-refractivity contribution is 7.89. The molecule has 7 nitrogen and oxygen atoms in total. The zero-order valence-corrected chi connectivity index (χ0v) is 13.6. The lowest BCUT2D eigenvalue weighted by Crippen LogP contribution is -2.40. The second-order valence-corrected chi connectivity index (χ2v) is 7.26. The molecular weight excluding hydrogens is 306 g/mol. The van der Waals surface area contributed by atoms with Crippen LogP contribution in [-0.4, -0.2) is 70.5 Å². The van der Waals surface area contributed by atoms with Gasteiger partial charge in [0.15, 0.2) is 0 Å². The highest BCUT2D eigenvalue weighted by Crippen LogP contribution is 2.19. The number of morpholine rings is 1. The van der Waals surface area contributed by atoms with Gasteiger partial charge in [-0.25, -0.2) is 8.42 Å². The van der Waals surface area contributed by atoms with Crippen molar-refractivity contribution >= 4 is 21.6 Å². The zero-order chi connectivity index (χ0) is 16.2. The molecule has 1 saturated heterocycles. The first-order valence-electron chi connectivity index (χ1n) is 7.02. The number of sulfonamides is 1. The van der Waals surface area contributed by atoms with Gasteiger partial charge in [0.05, 0.1) is 24.7 Å². The lowest BCUT2D eigenvalue weighted by Gasteiger charge is -2.26. The van der Waals surface area contributed by atoms with E-state index in [0.29, 0.717) is 32.0 Å². The molecular formula is C14H21N3O4S. The Morgan fingerprint density at radius 3 is 2.36 bits per heavy atom. The fraction of sp³-hybridized carbons (Fsp3) is 0.500. The lowest BCUT2D eigenvalue weighted by molar-refractivity contribution is -0.116. The molecule has 2 rings (SSSR count). The molecule has 1 fully saturated rings. The van der Waals surface area contributed by atoms with Crippen LogP contribution in [0, 0.1) is 0 Å². The predicted molar refractivity (Wildman–Crippen MR) is 83.2 cm³/mol. The van der Waals surface area contributed by atoms with Gasteiger partial charge in [-0.2, -0.15) is 4.31 Å². The van der Waals surface area contributed by atoms with Crippen molar-refractivity contribution in [1.82, 2.24) is 9.21 Å². The molecule has 0 spiro atoms. The molecule has 1 aromatic carbocycles. The molecule has 1 aromatic rings. The Hall–Kier alpha value is -1.48. The molecule has 1 heterocycles. The van der Waals surface area contributed by atoms with E-state index in [1.807, 2.05) is 0 Å². The van der Waals surface area contributed by atoms with Crippen molar-refractivity contribution in [3.63, 3.8) is 0 Å². The third kappa shape index (κ3) is 4.26. The molecule has 1 N–H and O–H groups in total. The molecule has 122 valence electrons. The highest BCUT2D eigenvalue weighted by atomic mass is 32.2. The van der Waals surface area contributed by atoms with E-state index in [0.717, 1.165) is 0 Å². The monoisotopic (exact) mass is 327 g/mol. The number of anilines is 1. The molecule has 0 saturated carbocycles. The molecule has 1 aliphatic heterocycles. The van der Waals surface area contributed by atoms with Crippen LogP contribution in [0.4, 0.5) is 5.69 Å². The summed E-state index contributed by atoms with van der Waals surface area (Å²) in [6.45, 7) is 1.83. The summed E-state index contributed by atoms with van der Waals surface area (Å²) in [4.78, 5) is 13.6. The Balaban J connectivity index is 2.06. The van der Waals surface area contributed by atoms with Crippen LogP contribution in [0.3, 0.4) is 0 Å². The largest absolute Gasteiger partial charge is 0.379 e. The van der Waals surface area contributed by atoms with Gasteiger partial charge in [-0.1, -0.05) is 0 Å². The van der Waals surface area contributed by atoms with Crippen molar-refractivity contribution in [2.45, 2.75) is 4.90 Å². The molecule has 0 radical (unpaired) electrons. The Morgan fingerprint density at radius 1 is 1.23 bits per heavy atom. The normalized spacial score (nSPS) is 16.7. The molecule has 0 atom stereocenters. The van der Waals surface area contributed by atoms with E-state index in [1.54, 1.807) is 31.1 Å². The molecule has 0 bridgehead atoms. The Kier molecular flexibility index (Phi) is 5.52. The number of amides is 1. The number of benzene rings is 1. The van der Waals surface area contributed by atoms with Crippen molar-refractivity contribution in [3.05, 3.63) is 24.3 Å². The minimum atomic E-state index is -3.49. The van der Waals surface area contributed by atoms with Crippen LogP contribution >= 0.6 is 0 Å².